The molecular weight excluding hydrogens is 138 g/mol. The van der Waals surface area contributed by atoms with E-state index in [9.17, 15) is 5.21 Å². The maximum Gasteiger partial charge on any atom is 0.0316 e. The number of benzene rings is 1. The van der Waals surface area contributed by atoms with E-state index in [1.165, 1.54) is 7.05 Å². The average Bonchev–Trinajstić information content (AvgIpc) is 1.85. The molecule has 0 saturated carbocycles. The van der Waals surface area contributed by atoms with Crippen LogP contribution in [0.15, 0.2) is 18.2 Å². The van der Waals surface area contributed by atoms with E-state index in [2.05, 4.69) is 0 Å². The van der Waals surface area contributed by atoms with E-state index in [1.54, 1.807) is 0 Å². The predicted octanol–water partition coefficient (Wildman–Crippen LogP) is 2.24. The van der Waals surface area contributed by atoms with Crippen LogP contribution in [0.4, 0.5) is 5.69 Å². The highest BCUT2D eigenvalue weighted by Crippen LogP contribution is 2.21. The lowest BCUT2D eigenvalue weighted by Crippen LogP contribution is -2.09. The van der Waals surface area contributed by atoms with Gasteiger partial charge < -0.3 is 10.3 Å². The minimum absolute atomic E-state index is 0.785. The number of hydrogen-bond donors (Lipinski definition) is 0. The van der Waals surface area contributed by atoms with E-state index in [0.717, 1.165) is 21.9 Å². The SMILES string of the molecule is Cc1cccc(C)c1N(C)[O-]. The van der Waals surface area contributed by atoms with E-state index >= 15 is 0 Å². The van der Waals surface area contributed by atoms with Crippen molar-refractivity contribution in [2.45, 2.75) is 13.8 Å². The normalized spacial score (nSPS) is 9.82. The molecule has 0 amide bonds. The minimum atomic E-state index is 0.785. The van der Waals surface area contributed by atoms with Crippen molar-refractivity contribution in [1.82, 2.24) is 0 Å². The number of hydroxylamine groups is 1. The van der Waals surface area contributed by atoms with Crippen LogP contribution in [0.25, 0.3) is 0 Å². The average molecular weight is 150 g/mol. The van der Waals surface area contributed by atoms with Crippen LogP contribution in [0.2, 0.25) is 0 Å². The molecule has 0 heterocycles. The molecule has 1 rings (SSSR count). The van der Waals surface area contributed by atoms with Gasteiger partial charge in [0, 0.05) is 5.69 Å². The summed E-state index contributed by atoms with van der Waals surface area (Å²) in [6.07, 6.45) is 0. The summed E-state index contributed by atoms with van der Waals surface area (Å²) < 4.78 is 0. The lowest BCUT2D eigenvalue weighted by atomic mass is 10.1. The van der Waals surface area contributed by atoms with Gasteiger partial charge in [-0.25, -0.2) is 0 Å². The van der Waals surface area contributed by atoms with Gasteiger partial charge in [-0.2, -0.15) is 0 Å². The van der Waals surface area contributed by atoms with Gasteiger partial charge >= 0.3 is 0 Å². The summed E-state index contributed by atoms with van der Waals surface area (Å²) >= 11 is 0. The second kappa shape index (κ2) is 2.93. The van der Waals surface area contributed by atoms with Gasteiger partial charge in [-0.1, -0.05) is 18.2 Å². The van der Waals surface area contributed by atoms with Crippen molar-refractivity contribution in [2.75, 3.05) is 12.1 Å². The van der Waals surface area contributed by atoms with Crippen LogP contribution in [0.1, 0.15) is 11.1 Å². The van der Waals surface area contributed by atoms with Gasteiger partial charge in [-0.05, 0) is 32.0 Å². The van der Waals surface area contributed by atoms with Crippen LogP contribution in [-0.4, -0.2) is 7.05 Å². The maximum atomic E-state index is 11.0. The van der Waals surface area contributed by atoms with Crippen molar-refractivity contribution in [2.24, 2.45) is 0 Å². The first kappa shape index (κ1) is 8.08. The Bertz CT molecular complexity index is 235. The number of para-hydroxylation sites is 1. The standard InChI is InChI=1S/C9H12NO/c1-7-5-4-6-8(2)9(7)10(3)11/h4-6H,1-3H3/q-1. The molecule has 0 aromatic heterocycles. The van der Waals surface area contributed by atoms with Gasteiger partial charge in [0.05, 0.1) is 0 Å². The first-order valence-electron chi connectivity index (χ1n) is 3.60. The molecular formula is C9H12NO-. The zero-order valence-electron chi connectivity index (χ0n) is 7.09. The third kappa shape index (κ3) is 1.52. The molecule has 0 aliphatic heterocycles. The molecule has 0 atom stereocenters. The topological polar surface area (TPSA) is 26.3 Å². The summed E-state index contributed by atoms with van der Waals surface area (Å²) in [5.41, 5.74) is 2.84. The second-order valence-electron chi connectivity index (χ2n) is 2.74. The zero-order chi connectivity index (χ0) is 8.43. The highest BCUT2D eigenvalue weighted by Gasteiger charge is 1.98. The van der Waals surface area contributed by atoms with Crippen LogP contribution in [0.3, 0.4) is 0 Å². The van der Waals surface area contributed by atoms with Crippen molar-refractivity contribution >= 4 is 5.69 Å². The van der Waals surface area contributed by atoms with E-state index in [0.29, 0.717) is 0 Å². The highest BCUT2D eigenvalue weighted by molar-refractivity contribution is 5.58. The van der Waals surface area contributed by atoms with Gasteiger partial charge in [-0.15, -0.1) is 0 Å². The fourth-order valence-electron chi connectivity index (χ4n) is 1.30. The van der Waals surface area contributed by atoms with Crippen molar-refractivity contribution < 1.29 is 0 Å². The van der Waals surface area contributed by atoms with E-state index in [-0.39, 0.29) is 0 Å². The van der Waals surface area contributed by atoms with E-state index in [1.807, 2.05) is 32.0 Å². The van der Waals surface area contributed by atoms with Crippen LogP contribution in [-0.2, 0) is 0 Å². The van der Waals surface area contributed by atoms with Crippen molar-refractivity contribution in [3.8, 4) is 0 Å². The summed E-state index contributed by atoms with van der Waals surface area (Å²) in [6.45, 7) is 3.88. The Morgan fingerprint density at radius 2 is 1.64 bits per heavy atom. The molecule has 0 aliphatic carbocycles. The molecule has 0 fully saturated rings. The lowest BCUT2D eigenvalue weighted by molar-refractivity contribution is 1.16. The minimum Gasteiger partial charge on any atom is -0.758 e. The summed E-state index contributed by atoms with van der Waals surface area (Å²) in [6, 6.07) is 5.84. The fourth-order valence-corrected chi connectivity index (χ4v) is 1.30. The molecule has 0 aliphatic rings. The highest BCUT2D eigenvalue weighted by atomic mass is 16.5. The molecule has 1 aromatic carbocycles. The lowest BCUT2D eigenvalue weighted by Gasteiger charge is -2.28. The molecule has 11 heavy (non-hydrogen) atoms. The molecule has 0 saturated heterocycles. The third-order valence-corrected chi connectivity index (χ3v) is 1.75. The Balaban J connectivity index is 3.21. The first-order valence-corrected chi connectivity index (χ1v) is 3.60. The van der Waals surface area contributed by atoms with E-state index < -0.39 is 0 Å². The molecule has 0 radical (unpaired) electrons. The molecule has 0 spiro atoms. The van der Waals surface area contributed by atoms with Crippen LogP contribution < -0.4 is 5.06 Å². The molecule has 60 valence electrons. The number of rotatable bonds is 1. The van der Waals surface area contributed by atoms with Crippen LogP contribution >= 0.6 is 0 Å². The summed E-state index contributed by atoms with van der Waals surface area (Å²) in [5.74, 6) is 0. The Morgan fingerprint density at radius 3 is 1.91 bits per heavy atom. The van der Waals surface area contributed by atoms with E-state index in [4.69, 9.17) is 0 Å². The van der Waals surface area contributed by atoms with Gasteiger partial charge in [-0.3, -0.25) is 0 Å². The Morgan fingerprint density at radius 1 is 1.18 bits per heavy atom. The monoisotopic (exact) mass is 150 g/mol. The van der Waals surface area contributed by atoms with Crippen molar-refractivity contribution in [3.05, 3.63) is 34.5 Å². The quantitative estimate of drug-likeness (QED) is 0.574. The number of aryl methyl sites for hydroxylation is 2. The summed E-state index contributed by atoms with van der Waals surface area (Å²) in [4.78, 5) is 0. The number of hydrogen-bond acceptors (Lipinski definition) is 2. The molecule has 2 heteroatoms. The Kier molecular flexibility index (Phi) is 2.15. The molecule has 0 N–H and O–H groups in total. The van der Waals surface area contributed by atoms with Crippen LogP contribution in [0, 0.1) is 19.1 Å². The Hall–Kier alpha value is -1.02. The molecule has 1 aromatic rings. The number of nitrogens with zero attached hydrogens (tertiary/aromatic N) is 1. The maximum absolute atomic E-state index is 11.0. The molecule has 2 nitrogen and oxygen atoms in total. The van der Waals surface area contributed by atoms with Gasteiger partial charge in [0.1, 0.15) is 0 Å². The summed E-state index contributed by atoms with van der Waals surface area (Å²) in [7, 11) is 1.52. The molecule has 0 bridgehead atoms. The fraction of sp³-hybridized carbons (Fsp3) is 0.333. The zero-order valence-corrected chi connectivity index (χ0v) is 7.09. The first-order chi connectivity index (χ1) is 5.13. The smallest absolute Gasteiger partial charge is 0.0316 e. The predicted molar refractivity (Wildman–Crippen MR) is 47.7 cm³/mol. The number of anilines is 1. The third-order valence-electron chi connectivity index (χ3n) is 1.75. The largest absolute Gasteiger partial charge is 0.758 e. The van der Waals surface area contributed by atoms with Crippen molar-refractivity contribution in [1.29, 1.82) is 0 Å². The Labute approximate surface area is 67.0 Å². The molecule has 0 unspecified atom stereocenters. The van der Waals surface area contributed by atoms with Gasteiger partial charge in [0.2, 0.25) is 0 Å². The van der Waals surface area contributed by atoms with Crippen molar-refractivity contribution in [3.63, 3.8) is 0 Å². The summed E-state index contributed by atoms with van der Waals surface area (Å²) in [5, 5.41) is 11.9. The van der Waals surface area contributed by atoms with Crippen LogP contribution in [0.5, 0.6) is 0 Å². The van der Waals surface area contributed by atoms with Gasteiger partial charge in [0.25, 0.3) is 0 Å². The van der Waals surface area contributed by atoms with Gasteiger partial charge in [0.15, 0.2) is 0 Å². The second-order valence-corrected chi connectivity index (χ2v) is 2.74.